The summed E-state index contributed by atoms with van der Waals surface area (Å²) >= 11 is 0. The summed E-state index contributed by atoms with van der Waals surface area (Å²) in [6.07, 6.45) is 3.53. The number of allylic oxidation sites excluding steroid dienone is 3. The van der Waals surface area contributed by atoms with Crippen LogP contribution >= 0.6 is 0 Å². The molecule has 17 heteroatoms. The van der Waals surface area contributed by atoms with Crippen molar-refractivity contribution < 1.29 is 96.3 Å². The molecule has 0 atom stereocenters. The van der Waals surface area contributed by atoms with Crippen molar-refractivity contribution in [2.75, 3.05) is 23.2 Å². The molecule has 1 aliphatic carbocycles. The molecular formula is C27H20N6Na2O8S. The van der Waals surface area contributed by atoms with E-state index in [9.17, 15) is 32.5 Å². The average Bonchev–Trinajstić information content (AvgIpc) is 2.96. The van der Waals surface area contributed by atoms with E-state index in [1.54, 1.807) is 30.3 Å². The number of carboxylic acids is 1. The summed E-state index contributed by atoms with van der Waals surface area (Å²) < 4.78 is 38.9. The maximum atomic E-state index is 12.6. The van der Waals surface area contributed by atoms with Gasteiger partial charge in [-0.2, -0.15) is 15.3 Å². The van der Waals surface area contributed by atoms with Crippen LogP contribution in [0.2, 0.25) is 0 Å². The SMILES string of the molecule is COc1cc(N=Nc2cccc(S(=O)(=O)[O-])c2)ccc1NC(=O)Nc1ccc(N/N=C2/C=CC(=O)C(C(=O)[O-])=C2)cc1.[Na+].[Na+]. The van der Waals surface area contributed by atoms with Crippen molar-refractivity contribution in [2.45, 2.75) is 4.90 Å². The largest absolute Gasteiger partial charge is 1.00 e. The summed E-state index contributed by atoms with van der Waals surface area (Å²) in [6, 6.07) is 15.5. The van der Waals surface area contributed by atoms with E-state index < -0.39 is 38.4 Å². The second-order valence-electron chi connectivity index (χ2n) is 8.38. The fourth-order valence-corrected chi connectivity index (χ4v) is 3.96. The average molecular weight is 635 g/mol. The predicted molar refractivity (Wildman–Crippen MR) is 149 cm³/mol. The van der Waals surface area contributed by atoms with E-state index in [0.717, 1.165) is 24.3 Å². The fraction of sp³-hybridized carbons (Fsp3) is 0.0370. The Morgan fingerprint density at radius 2 is 1.52 bits per heavy atom. The number of urea groups is 1. The number of nitrogens with zero attached hydrogens (tertiary/aromatic N) is 3. The van der Waals surface area contributed by atoms with Crippen LogP contribution in [0, 0.1) is 0 Å². The van der Waals surface area contributed by atoms with Crippen LogP contribution in [0.25, 0.3) is 0 Å². The molecule has 14 nitrogen and oxygen atoms in total. The van der Waals surface area contributed by atoms with Gasteiger partial charge in [-0.1, -0.05) is 6.07 Å². The van der Waals surface area contributed by atoms with Crippen LogP contribution in [0.1, 0.15) is 0 Å². The van der Waals surface area contributed by atoms with Gasteiger partial charge in [0.25, 0.3) is 0 Å². The quantitative estimate of drug-likeness (QED) is 0.0555. The molecular weight excluding hydrogens is 614 g/mol. The van der Waals surface area contributed by atoms with Gasteiger partial charge in [-0.3, -0.25) is 10.2 Å². The van der Waals surface area contributed by atoms with Crippen LogP contribution in [0.5, 0.6) is 5.75 Å². The number of hydrazone groups is 1. The first-order valence-electron chi connectivity index (χ1n) is 11.8. The van der Waals surface area contributed by atoms with Gasteiger partial charge < -0.3 is 29.8 Å². The second-order valence-corrected chi connectivity index (χ2v) is 9.76. The van der Waals surface area contributed by atoms with Gasteiger partial charge in [0.2, 0.25) is 0 Å². The van der Waals surface area contributed by atoms with Crippen molar-refractivity contribution in [2.24, 2.45) is 15.3 Å². The molecule has 0 spiro atoms. The number of ether oxygens (including phenoxy) is 1. The summed E-state index contributed by atoms with van der Waals surface area (Å²) in [5.74, 6) is -2.00. The number of methoxy groups -OCH3 is 1. The number of benzene rings is 3. The molecule has 0 heterocycles. The van der Waals surface area contributed by atoms with Crippen molar-refractivity contribution in [1.29, 1.82) is 0 Å². The van der Waals surface area contributed by atoms with Crippen LogP contribution in [-0.4, -0.2) is 43.6 Å². The Bertz CT molecular complexity index is 1790. The van der Waals surface area contributed by atoms with Gasteiger partial charge in [0.05, 0.1) is 46.4 Å². The van der Waals surface area contributed by atoms with Gasteiger partial charge in [0, 0.05) is 17.3 Å². The van der Waals surface area contributed by atoms with Gasteiger partial charge in [-0.25, -0.2) is 13.2 Å². The molecule has 44 heavy (non-hydrogen) atoms. The number of ketones is 1. The molecule has 0 bridgehead atoms. The molecule has 3 N–H and O–H groups in total. The summed E-state index contributed by atoms with van der Waals surface area (Å²) in [4.78, 5) is 34.7. The van der Waals surface area contributed by atoms with E-state index in [2.05, 4.69) is 31.4 Å². The minimum Gasteiger partial charge on any atom is -0.744 e. The number of rotatable bonds is 9. The first-order valence-corrected chi connectivity index (χ1v) is 13.3. The standard InChI is InChI=1S/C27H22N6O8S.2Na/c1-41-25-15-20(33-31-18-3-2-4-21(13-18)42(38,39)40)9-11-23(25)29-27(37)28-16-5-7-17(8-6-16)30-32-19-10-12-24(34)22(14-19)26(35)36;;/h2-15,30H,1H3,(H,35,36)(H2,28,29,37)(H,38,39,40);;/q;2*+1/p-2/b32-19-,33-31?;;. The molecule has 0 unspecified atom stereocenters. The van der Waals surface area contributed by atoms with Gasteiger partial charge in [0.15, 0.2) is 5.78 Å². The smallest absolute Gasteiger partial charge is 0.744 e. The zero-order valence-electron chi connectivity index (χ0n) is 23.6. The molecule has 1 aliphatic rings. The number of carboxylic acid groups (broad SMARTS) is 1. The number of aliphatic carboxylic acids is 1. The van der Waals surface area contributed by atoms with Crippen LogP contribution < -0.4 is 85.0 Å². The third kappa shape index (κ3) is 10.2. The molecule has 0 saturated carbocycles. The Kier molecular flexibility index (Phi) is 13.6. The topological polar surface area (TPSA) is 214 Å². The minimum absolute atomic E-state index is 0. The first-order chi connectivity index (χ1) is 20.0. The number of carbonyl (C=O) groups is 3. The summed E-state index contributed by atoms with van der Waals surface area (Å²) in [7, 11) is -3.24. The van der Waals surface area contributed by atoms with Crippen molar-refractivity contribution in [1.82, 2.24) is 0 Å². The predicted octanol–water partition coefficient (Wildman–Crippen LogP) is -2.75. The minimum atomic E-state index is -4.63. The van der Waals surface area contributed by atoms with Crippen molar-refractivity contribution in [3.63, 3.8) is 0 Å². The third-order valence-electron chi connectivity index (χ3n) is 5.46. The van der Waals surface area contributed by atoms with Crippen molar-refractivity contribution >= 4 is 62.1 Å². The fourth-order valence-electron chi connectivity index (χ4n) is 3.45. The Hall–Kier alpha value is -3.67. The van der Waals surface area contributed by atoms with Gasteiger partial charge >= 0.3 is 65.1 Å². The summed E-state index contributed by atoms with van der Waals surface area (Å²) in [6.45, 7) is 0. The molecule has 214 valence electrons. The zero-order chi connectivity index (χ0) is 30.3. The van der Waals surface area contributed by atoms with Gasteiger partial charge in [-0.15, -0.1) is 0 Å². The van der Waals surface area contributed by atoms with Crippen LogP contribution in [0.3, 0.4) is 0 Å². The zero-order valence-corrected chi connectivity index (χ0v) is 28.4. The van der Waals surface area contributed by atoms with E-state index in [-0.39, 0.29) is 76.3 Å². The van der Waals surface area contributed by atoms with Crippen LogP contribution in [0.15, 0.2) is 111 Å². The number of carbonyl (C=O) groups excluding carboxylic acids is 3. The number of hydrogen-bond donors (Lipinski definition) is 3. The molecule has 0 radical (unpaired) electrons. The van der Waals surface area contributed by atoms with Crippen molar-refractivity contribution in [3.05, 3.63) is 90.5 Å². The van der Waals surface area contributed by atoms with E-state index in [1.165, 1.54) is 37.5 Å². The molecule has 0 aliphatic heterocycles. The van der Waals surface area contributed by atoms with Gasteiger partial charge in [0.1, 0.15) is 15.9 Å². The molecule has 3 aromatic rings. The third-order valence-corrected chi connectivity index (χ3v) is 6.29. The summed E-state index contributed by atoms with van der Waals surface area (Å²) in [5.41, 5.74) is 4.22. The Balaban J connectivity index is 0.00000337. The second kappa shape index (κ2) is 16.4. The van der Waals surface area contributed by atoms with E-state index >= 15 is 0 Å². The van der Waals surface area contributed by atoms with Crippen LogP contribution in [-0.2, 0) is 19.7 Å². The maximum Gasteiger partial charge on any atom is 1.00 e. The molecule has 0 fully saturated rings. The van der Waals surface area contributed by atoms with E-state index in [0.29, 0.717) is 22.7 Å². The van der Waals surface area contributed by atoms with Crippen LogP contribution in [0.4, 0.5) is 33.2 Å². The Morgan fingerprint density at radius 1 is 0.864 bits per heavy atom. The number of anilines is 3. The van der Waals surface area contributed by atoms with E-state index in [1.807, 2.05) is 0 Å². The van der Waals surface area contributed by atoms with Gasteiger partial charge in [-0.05, 0) is 72.8 Å². The van der Waals surface area contributed by atoms with Crippen molar-refractivity contribution in [3.8, 4) is 5.75 Å². The normalized spacial score (nSPS) is 13.4. The monoisotopic (exact) mass is 634 g/mol. The molecule has 0 saturated heterocycles. The molecule has 3 aromatic carbocycles. The number of amides is 2. The maximum absolute atomic E-state index is 12.6. The number of nitrogens with one attached hydrogen (secondary N) is 3. The Morgan fingerprint density at radius 3 is 2.16 bits per heavy atom. The van der Waals surface area contributed by atoms with E-state index in [4.69, 9.17) is 4.74 Å². The number of azo groups is 1. The molecule has 4 rings (SSSR count). The molecule has 0 aromatic heterocycles. The summed E-state index contributed by atoms with van der Waals surface area (Å²) in [5, 5.41) is 28.3. The molecule has 2 amide bonds. The Labute approximate surface area is 295 Å². The first kappa shape index (κ1) is 36.5. The number of hydrogen-bond acceptors (Lipinski definition) is 12.